The highest BCUT2D eigenvalue weighted by Gasteiger charge is 2.11. The highest BCUT2D eigenvalue weighted by molar-refractivity contribution is 14.1. The number of nitro benzene ring substituents is 1. The quantitative estimate of drug-likeness (QED) is 0.472. The van der Waals surface area contributed by atoms with E-state index in [1.54, 1.807) is 24.3 Å². The van der Waals surface area contributed by atoms with Crippen molar-refractivity contribution in [2.75, 3.05) is 0 Å². The van der Waals surface area contributed by atoms with Gasteiger partial charge in [-0.3, -0.25) is 10.1 Å². The van der Waals surface area contributed by atoms with Crippen LogP contribution in [0.4, 0.5) is 5.69 Å². The monoisotopic (exact) mass is 367 g/mol. The molecule has 0 saturated heterocycles. The maximum atomic E-state index is 10.7. The molecular formula is C12H6IN3O3. The molecule has 6 nitrogen and oxygen atoms in total. The third kappa shape index (κ3) is 3.17. The first-order valence-corrected chi connectivity index (χ1v) is 6.17. The lowest BCUT2D eigenvalue weighted by molar-refractivity contribution is -0.384. The van der Waals surface area contributed by atoms with Gasteiger partial charge < -0.3 is 4.74 Å². The molecule has 19 heavy (non-hydrogen) atoms. The lowest BCUT2D eigenvalue weighted by Crippen LogP contribution is -1.94. The van der Waals surface area contributed by atoms with Crippen LogP contribution in [0.3, 0.4) is 0 Å². The average Bonchev–Trinajstić information content (AvgIpc) is 2.41. The Morgan fingerprint density at radius 2 is 2.16 bits per heavy atom. The highest BCUT2D eigenvalue weighted by atomic mass is 127. The first kappa shape index (κ1) is 13.2. The number of pyridine rings is 1. The van der Waals surface area contributed by atoms with Crippen molar-refractivity contribution < 1.29 is 9.66 Å². The van der Waals surface area contributed by atoms with Crippen molar-refractivity contribution in [1.29, 1.82) is 5.26 Å². The zero-order chi connectivity index (χ0) is 13.8. The Labute approximate surface area is 121 Å². The first-order chi connectivity index (χ1) is 9.10. The van der Waals surface area contributed by atoms with Crippen LogP contribution in [-0.2, 0) is 0 Å². The second-order valence-electron chi connectivity index (χ2n) is 3.45. The largest absolute Gasteiger partial charge is 0.438 e. The van der Waals surface area contributed by atoms with Gasteiger partial charge in [0.05, 0.1) is 14.6 Å². The molecule has 1 heterocycles. The zero-order valence-electron chi connectivity index (χ0n) is 9.41. The number of nitro groups is 1. The minimum atomic E-state index is -0.498. The molecule has 1 aromatic carbocycles. The number of rotatable bonds is 3. The van der Waals surface area contributed by atoms with E-state index in [0.717, 1.165) is 0 Å². The van der Waals surface area contributed by atoms with Gasteiger partial charge in [-0.05, 0) is 34.7 Å². The van der Waals surface area contributed by atoms with Crippen LogP contribution in [0.1, 0.15) is 5.69 Å². The van der Waals surface area contributed by atoms with Gasteiger partial charge in [-0.15, -0.1) is 0 Å². The number of nitrogens with zero attached hydrogens (tertiary/aromatic N) is 3. The molecule has 0 radical (unpaired) electrons. The van der Waals surface area contributed by atoms with Gasteiger partial charge in [0, 0.05) is 12.1 Å². The second-order valence-corrected chi connectivity index (χ2v) is 4.61. The molecule has 2 aromatic rings. The molecular weight excluding hydrogens is 361 g/mol. The van der Waals surface area contributed by atoms with Crippen LogP contribution in [0, 0.1) is 25.0 Å². The summed E-state index contributed by atoms with van der Waals surface area (Å²) in [5.74, 6) is 0.551. The van der Waals surface area contributed by atoms with Gasteiger partial charge in [0.15, 0.2) is 0 Å². The van der Waals surface area contributed by atoms with Crippen LogP contribution < -0.4 is 4.74 Å². The van der Waals surface area contributed by atoms with Crippen LogP contribution >= 0.6 is 22.6 Å². The summed E-state index contributed by atoms with van der Waals surface area (Å²) in [6, 6.07) is 11.0. The van der Waals surface area contributed by atoms with Crippen LogP contribution in [0.15, 0.2) is 36.4 Å². The maximum absolute atomic E-state index is 10.7. The number of hydrogen-bond donors (Lipinski definition) is 0. The molecule has 0 fully saturated rings. The summed E-state index contributed by atoms with van der Waals surface area (Å²) in [7, 11) is 0. The molecule has 94 valence electrons. The predicted molar refractivity (Wildman–Crippen MR) is 74.8 cm³/mol. The highest BCUT2D eigenvalue weighted by Crippen LogP contribution is 2.29. The van der Waals surface area contributed by atoms with Crippen LogP contribution in [-0.4, -0.2) is 9.91 Å². The summed E-state index contributed by atoms with van der Waals surface area (Å²) in [6.45, 7) is 0. The number of benzene rings is 1. The third-order valence-electron chi connectivity index (χ3n) is 2.18. The number of halogens is 1. The van der Waals surface area contributed by atoms with Crippen molar-refractivity contribution in [3.8, 4) is 17.7 Å². The lowest BCUT2D eigenvalue weighted by atomic mass is 10.3. The van der Waals surface area contributed by atoms with Crippen LogP contribution in [0.2, 0.25) is 0 Å². The van der Waals surface area contributed by atoms with Gasteiger partial charge in [-0.1, -0.05) is 6.07 Å². The SMILES string of the molecule is N#Cc1cccc(Oc2cc([N+](=O)[O-])ccc2I)n1. The molecule has 0 aliphatic carbocycles. The summed E-state index contributed by atoms with van der Waals surface area (Å²) in [4.78, 5) is 14.2. The number of nitriles is 1. The fourth-order valence-corrected chi connectivity index (χ4v) is 1.78. The molecule has 2 rings (SSSR count). The summed E-state index contributed by atoms with van der Waals surface area (Å²) in [5.41, 5.74) is 0.157. The van der Waals surface area contributed by atoms with E-state index in [-0.39, 0.29) is 17.3 Å². The third-order valence-corrected chi connectivity index (χ3v) is 3.07. The number of hydrogen-bond acceptors (Lipinski definition) is 5. The van der Waals surface area contributed by atoms with E-state index in [4.69, 9.17) is 10.00 Å². The topological polar surface area (TPSA) is 89.0 Å². The molecule has 7 heteroatoms. The fourth-order valence-electron chi connectivity index (χ4n) is 1.33. The molecule has 0 N–H and O–H groups in total. The maximum Gasteiger partial charge on any atom is 0.273 e. The standard InChI is InChI=1S/C12H6IN3O3/c13-10-5-4-9(16(17)18)6-11(10)19-12-3-1-2-8(7-14)15-12/h1-6H. The molecule has 0 saturated carbocycles. The van der Waals surface area contributed by atoms with Crippen molar-refractivity contribution in [1.82, 2.24) is 4.98 Å². The lowest BCUT2D eigenvalue weighted by Gasteiger charge is -2.06. The van der Waals surface area contributed by atoms with Gasteiger partial charge >= 0.3 is 0 Å². The Morgan fingerprint density at radius 3 is 2.84 bits per heavy atom. The molecule has 0 spiro atoms. The summed E-state index contributed by atoms with van der Waals surface area (Å²) >= 11 is 2.00. The van der Waals surface area contributed by atoms with E-state index >= 15 is 0 Å². The molecule has 0 atom stereocenters. The molecule has 0 bridgehead atoms. The van der Waals surface area contributed by atoms with E-state index in [2.05, 4.69) is 4.98 Å². The molecule has 0 aliphatic rings. The summed E-state index contributed by atoms with van der Waals surface area (Å²) < 4.78 is 6.18. The second kappa shape index (κ2) is 5.62. The normalized spacial score (nSPS) is 9.68. The minimum absolute atomic E-state index is 0.0631. The first-order valence-electron chi connectivity index (χ1n) is 5.09. The molecule has 0 amide bonds. The zero-order valence-corrected chi connectivity index (χ0v) is 11.6. The van der Waals surface area contributed by atoms with Crippen molar-refractivity contribution in [3.63, 3.8) is 0 Å². The van der Waals surface area contributed by atoms with E-state index in [1.807, 2.05) is 28.7 Å². The Balaban J connectivity index is 2.34. The van der Waals surface area contributed by atoms with Crippen molar-refractivity contribution in [2.24, 2.45) is 0 Å². The van der Waals surface area contributed by atoms with E-state index in [1.165, 1.54) is 12.1 Å². The summed E-state index contributed by atoms with van der Waals surface area (Å²) in [6.07, 6.45) is 0. The smallest absolute Gasteiger partial charge is 0.273 e. The predicted octanol–water partition coefficient (Wildman–Crippen LogP) is 3.26. The van der Waals surface area contributed by atoms with E-state index < -0.39 is 4.92 Å². The van der Waals surface area contributed by atoms with Crippen LogP contribution in [0.5, 0.6) is 11.6 Å². The van der Waals surface area contributed by atoms with Gasteiger partial charge in [0.25, 0.3) is 5.69 Å². The number of ether oxygens (including phenoxy) is 1. The Morgan fingerprint density at radius 1 is 1.37 bits per heavy atom. The molecule has 1 aromatic heterocycles. The van der Waals surface area contributed by atoms with Crippen molar-refractivity contribution in [3.05, 3.63) is 55.8 Å². The van der Waals surface area contributed by atoms with E-state index in [0.29, 0.717) is 9.32 Å². The number of non-ortho nitro benzene ring substituents is 1. The Bertz CT molecular complexity index is 682. The van der Waals surface area contributed by atoms with Gasteiger partial charge in [-0.2, -0.15) is 5.26 Å². The van der Waals surface area contributed by atoms with Gasteiger partial charge in [-0.25, -0.2) is 4.98 Å². The molecule has 0 aliphatic heterocycles. The average molecular weight is 367 g/mol. The Kier molecular flexibility index (Phi) is 3.91. The minimum Gasteiger partial charge on any atom is -0.438 e. The Hall–Kier alpha value is -2.21. The number of aromatic nitrogens is 1. The fraction of sp³-hybridized carbons (Fsp3) is 0. The van der Waals surface area contributed by atoms with E-state index in [9.17, 15) is 10.1 Å². The van der Waals surface area contributed by atoms with Crippen LogP contribution in [0.25, 0.3) is 0 Å². The van der Waals surface area contributed by atoms with Gasteiger partial charge in [0.2, 0.25) is 5.88 Å². The van der Waals surface area contributed by atoms with Crippen molar-refractivity contribution in [2.45, 2.75) is 0 Å². The molecule has 0 unspecified atom stereocenters. The van der Waals surface area contributed by atoms with Crippen molar-refractivity contribution >= 4 is 28.3 Å². The van der Waals surface area contributed by atoms with Gasteiger partial charge in [0.1, 0.15) is 17.5 Å². The summed E-state index contributed by atoms with van der Waals surface area (Å²) in [5, 5.41) is 19.4.